The maximum absolute atomic E-state index is 5.84. The third-order valence-electron chi connectivity index (χ3n) is 4.95. The van der Waals surface area contributed by atoms with Crippen molar-refractivity contribution >= 4 is 0 Å². The van der Waals surface area contributed by atoms with Gasteiger partial charge in [-0.3, -0.25) is 0 Å². The van der Waals surface area contributed by atoms with Crippen molar-refractivity contribution in [3.63, 3.8) is 0 Å². The van der Waals surface area contributed by atoms with E-state index in [9.17, 15) is 0 Å². The predicted octanol–water partition coefficient (Wildman–Crippen LogP) is 2.42. The zero-order valence-corrected chi connectivity index (χ0v) is 12.7. The van der Waals surface area contributed by atoms with Crippen LogP contribution in [-0.4, -0.2) is 57.3 Å². The first-order valence-electron chi connectivity index (χ1n) is 7.57. The fraction of sp³-hybridized carbons (Fsp3) is 1.00. The first-order valence-corrected chi connectivity index (χ1v) is 7.57. The van der Waals surface area contributed by atoms with Crippen molar-refractivity contribution in [3.8, 4) is 0 Å². The highest BCUT2D eigenvalue weighted by atomic mass is 16.7. The molecule has 0 N–H and O–H groups in total. The van der Waals surface area contributed by atoms with Crippen molar-refractivity contribution in [2.45, 2.75) is 56.3 Å². The molecule has 1 aliphatic carbocycles. The first kappa shape index (κ1) is 15.2. The van der Waals surface area contributed by atoms with E-state index in [4.69, 9.17) is 14.2 Å². The molecule has 0 aromatic carbocycles. The van der Waals surface area contributed by atoms with Crippen molar-refractivity contribution in [1.82, 2.24) is 4.90 Å². The molecule has 112 valence electrons. The molecule has 4 nitrogen and oxygen atoms in total. The summed E-state index contributed by atoms with van der Waals surface area (Å²) >= 11 is 0. The van der Waals surface area contributed by atoms with Crippen molar-refractivity contribution in [2.75, 3.05) is 41.0 Å². The molecule has 1 aliphatic heterocycles. The maximum atomic E-state index is 5.84. The molecule has 0 atom stereocenters. The van der Waals surface area contributed by atoms with Crippen molar-refractivity contribution in [1.29, 1.82) is 0 Å². The van der Waals surface area contributed by atoms with E-state index < -0.39 is 0 Å². The Labute approximate surface area is 117 Å². The van der Waals surface area contributed by atoms with Gasteiger partial charge in [-0.15, -0.1) is 0 Å². The van der Waals surface area contributed by atoms with Crippen molar-refractivity contribution in [3.05, 3.63) is 0 Å². The molecule has 2 fully saturated rings. The lowest BCUT2D eigenvalue weighted by molar-refractivity contribution is -0.193. The van der Waals surface area contributed by atoms with Gasteiger partial charge in [-0.25, -0.2) is 0 Å². The predicted molar refractivity (Wildman–Crippen MR) is 75.2 cm³/mol. The number of ether oxygens (including phenoxy) is 3. The van der Waals surface area contributed by atoms with Crippen LogP contribution < -0.4 is 0 Å². The molecule has 0 aromatic rings. The summed E-state index contributed by atoms with van der Waals surface area (Å²) in [4.78, 5) is 2.42. The minimum Gasteiger partial charge on any atom is -0.385 e. The zero-order chi connectivity index (χ0) is 13.8. The molecule has 0 radical (unpaired) electrons. The number of nitrogens with zero attached hydrogens (tertiary/aromatic N) is 1. The monoisotopic (exact) mass is 271 g/mol. The van der Waals surface area contributed by atoms with Gasteiger partial charge < -0.3 is 19.1 Å². The van der Waals surface area contributed by atoms with E-state index in [0.717, 1.165) is 39.1 Å². The van der Waals surface area contributed by atoms with E-state index in [0.29, 0.717) is 5.54 Å². The molecule has 0 aromatic heterocycles. The van der Waals surface area contributed by atoms with Crippen molar-refractivity contribution < 1.29 is 14.2 Å². The average molecular weight is 271 g/mol. The van der Waals surface area contributed by atoms with Gasteiger partial charge in [-0.1, -0.05) is 0 Å². The lowest BCUT2D eigenvalue weighted by atomic mass is 9.75. The van der Waals surface area contributed by atoms with Gasteiger partial charge in [0.15, 0.2) is 5.79 Å². The number of hydrogen-bond donors (Lipinski definition) is 0. The third kappa shape index (κ3) is 3.48. The largest absolute Gasteiger partial charge is 0.385 e. The van der Waals surface area contributed by atoms with Gasteiger partial charge in [0.25, 0.3) is 0 Å². The van der Waals surface area contributed by atoms with E-state index >= 15 is 0 Å². The summed E-state index contributed by atoms with van der Waals surface area (Å²) in [6, 6.07) is 0. The minimum atomic E-state index is -0.244. The highest BCUT2D eigenvalue weighted by Crippen LogP contribution is 2.44. The van der Waals surface area contributed by atoms with Crippen LogP contribution in [0.3, 0.4) is 0 Å². The number of unbranched alkanes of at least 4 members (excludes halogenated alkanes) is 1. The van der Waals surface area contributed by atoms with Gasteiger partial charge in [0.2, 0.25) is 0 Å². The van der Waals surface area contributed by atoms with Gasteiger partial charge in [-0.2, -0.15) is 0 Å². The van der Waals surface area contributed by atoms with Crippen LogP contribution in [0, 0.1) is 0 Å². The lowest BCUT2D eigenvalue weighted by Gasteiger charge is -2.47. The van der Waals surface area contributed by atoms with Gasteiger partial charge in [0.1, 0.15) is 0 Å². The summed E-state index contributed by atoms with van der Waals surface area (Å²) in [6.45, 7) is 2.41. The summed E-state index contributed by atoms with van der Waals surface area (Å²) in [5.41, 5.74) is 0.328. The van der Waals surface area contributed by atoms with Gasteiger partial charge in [0.05, 0.1) is 13.2 Å². The topological polar surface area (TPSA) is 30.9 Å². The van der Waals surface area contributed by atoms with E-state index in [1.165, 1.54) is 25.7 Å². The molecule has 2 rings (SSSR count). The Bertz CT molecular complexity index is 265. The Morgan fingerprint density at radius 1 is 1.00 bits per heavy atom. The lowest BCUT2D eigenvalue weighted by Crippen LogP contribution is -2.51. The average Bonchev–Trinajstić information content (AvgIpc) is 2.86. The molecule has 19 heavy (non-hydrogen) atoms. The molecule has 1 saturated heterocycles. The molecular formula is C15H29NO3. The Morgan fingerprint density at radius 3 is 2.16 bits per heavy atom. The minimum absolute atomic E-state index is 0.244. The number of hydrogen-bond acceptors (Lipinski definition) is 4. The van der Waals surface area contributed by atoms with Gasteiger partial charge in [0, 0.05) is 32.1 Å². The fourth-order valence-corrected chi connectivity index (χ4v) is 3.50. The summed E-state index contributed by atoms with van der Waals surface area (Å²) in [6.07, 6.45) is 8.06. The Kier molecular flexibility index (Phi) is 5.23. The van der Waals surface area contributed by atoms with E-state index in [2.05, 4.69) is 19.0 Å². The van der Waals surface area contributed by atoms with Crippen LogP contribution in [0.15, 0.2) is 0 Å². The molecular weight excluding hydrogens is 242 g/mol. The molecule has 1 spiro atoms. The smallest absolute Gasteiger partial charge is 0.168 e. The molecule has 1 heterocycles. The Morgan fingerprint density at radius 2 is 1.63 bits per heavy atom. The maximum Gasteiger partial charge on any atom is 0.168 e. The number of rotatable bonds is 6. The van der Waals surface area contributed by atoms with Crippen LogP contribution in [0.5, 0.6) is 0 Å². The highest BCUT2D eigenvalue weighted by molar-refractivity contribution is 4.96. The zero-order valence-electron chi connectivity index (χ0n) is 12.7. The SMILES string of the molecule is COCCCCC1(N(C)C)CCC2(CC1)OCCO2. The molecule has 0 unspecified atom stereocenters. The third-order valence-corrected chi connectivity index (χ3v) is 4.95. The second kappa shape index (κ2) is 6.53. The summed E-state index contributed by atoms with van der Waals surface area (Å²) in [7, 11) is 6.20. The number of methoxy groups -OCH3 is 1. The van der Waals surface area contributed by atoms with Crippen LogP contribution in [0.25, 0.3) is 0 Å². The summed E-state index contributed by atoms with van der Waals surface area (Å²) in [5, 5.41) is 0. The van der Waals surface area contributed by atoms with E-state index in [1.807, 2.05) is 0 Å². The van der Waals surface area contributed by atoms with E-state index in [1.54, 1.807) is 7.11 Å². The van der Waals surface area contributed by atoms with Crippen molar-refractivity contribution in [2.24, 2.45) is 0 Å². The second-order valence-corrected chi connectivity index (χ2v) is 6.18. The fourth-order valence-electron chi connectivity index (χ4n) is 3.50. The molecule has 0 amide bonds. The van der Waals surface area contributed by atoms with Crippen LogP contribution in [-0.2, 0) is 14.2 Å². The quantitative estimate of drug-likeness (QED) is 0.694. The molecule has 2 aliphatic rings. The van der Waals surface area contributed by atoms with Crippen LogP contribution in [0.1, 0.15) is 44.9 Å². The standard InChI is InChI=1S/C15H29NO3/c1-16(2)14(6-4-5-11-17-3)7-9-15(10-8-14)18-12-13-19-15/h4-13H2,1-3H3. The Balaban J connectivity index is 1.87. The first-order chi connectivity index (χ1) is 9.13. The molecule has 0 bridgehead atoms. The van der Waals surface area contributed by atoms with E-state index in [-0.39, 0.29) is 5.79 Å². The summed E-state index contributed by atoms with van der Waals surface area (Å²) < 4.78 is 16.8. The van der Waals surface area contributed by atoms with Crippen LogP contribution in [0.2, 0.25) is 0 Å². The highest BCUT2D eigenvalue weighted by Gasteiger charge is 2.46. The molecule has 1 saturated carbocycles. The van der Waals surface area contributed by atoms with Crippen LogP contribution >= 0.6 is 0 Å². The van der Waals surface area contributed by atoms with Gasteiger partial charge in [-0.05, 0) is 46.2 Å². The van der Waals surface area contributed by atoms with Gasteiger partial charge >= 0.3 is 0 Å². The van der Waals surface area contributed by atoms with Crippen LogP contribution in [0.4, 0.5) is 0 Å². The molecule has 4 heteroatoms. The Hall–Kier alpha value is -0.160. The summed E-state index contributed by atoms with van der Waals surface area (Å²) in [5.74, 6) is -0.244. The normalized spacial score (nSPS) is 25.3. The second-order valence-electron chi connectivity index (χ2n) is 6.18.